The SMILES string of the molecule is CC(=O)Nc1ccc(C)c(NC2CC(C)C2)c1. The van der Waals surface area contributed by atoms with Gasteiger partial charge in [0.05, 0.1) is 0 Å². The molecular formula is C14H20N2O. The van der Waals surface area contributed by atoms with Crippen LogP contribution >= 0.6 is 0 Å². The van der Waals surface area contributed by atoms with Gasteiger partial charge in [-0.15, -0.1) is 0 Å². The van der Waals surface area contributed by atoms with Crippen LogP contribution in [0.25, 0.3) is 0 Å². The van der Waals surface area contributed by atoms with Crippen molar-refractivity contribution in [1.29, 1.82) is 0 Å². The van der Waals surface area contributed by atoms with Crippen LogP contribution in [-0.4, -0.2) is 11.9 Å². The van der Waals surface area contributed by atoms with Crippen LogP contribution in [0.2, 0.25) is 0 Å². The molecule has 1 fully saturated rings. The maximum Gasteiger partial charge on any atom is 0.221 e. The molecule has 2 N–H and O–H groups in total. The largest absolute Gasteiger partial charge is 0.382 e. The molecule has 0 spiro atoms. The second kappa shape index (κ2) is 4.78. The fourth-order valence-electron chi connectivity index (χ4n) is 2.30. The zero-order chi connectivity index (χ0) is 12.4. The predicted molar refractivity (Wildman–Crippen MR) is 71.3 cm³/mol. The zero-order valence-electron chi connectivity index (χ0n) is 10.7. The number of benzene rings is 1. The van der Waals surface area contributed by atoms with Gasteiger partial charge in [0.25, 0.3) is 0 Å². The molecule has 0 atom stereocenters. The van der Waals surface area contributed by atoms with Crippen LogP contribution in [-0.2, 0) is 4.79 Å². The van der Waals surface area contributed by atoms with Crippen molar-refractivity contribution in [2.45, 2.75) is 39.7 Å². The second-order valence-electron chi connectivity index (χ2n) is 5.13. The number of hydrogen-bond donors (Lipinski definition) is 2. The molecule has 0 aromatic heterocycles. The Bertz CT molecular complexity index is 422. The number of amides is 1. The van der Waals surface area contributed by atoms with Crippen molar-refractivity contribution in [2.75, 3.05) is 10.6 Å². The first-order chi connectivity index (χ1) is 8.04. The van der Waals surface area contributed by atoms with Gasteiger partial charge < -0.3 is 10.6 Å². The Labute approximate surface area is 103 Å². The molecule has 17 heavy (non-hydrogen) atoms. The predicted octanol–water partition coefficient (Wildman–Crippen LogP) is 3.16. The quantitative estimate of drug-likeness (QED) is 0.840. The average Bonchev–Trinajstić information content (AvgIpc) is 2.20. The summed E-state index contributed by atoms with van der Waals surface area (Å²) in [6.07, 6.45) is 2.48. The molecule has 0 saturated heterocycles. The first-order valence-electron chi connectivity index (χ1n) is 6.19. The lowest BCUT2D eigenvalue weighted by molar-refractivity contribution is -0.114. The number of hydrogen-bond acceptors (Lipinski definition) is 2. The molecule has 1 aliphatic carbocycles. The molecule has 1 aromatic carbocycles. The van der Waals surface area contributed by atoms with Gasteiger partial charge in [0.15, 0.2) is 0 Å². The highest BCUT2D eigenvalue weighted by atomic mass is 16.1. The first-order valence-corrected chi connectivity index (χ1v) is 6.19. The van der Waals surface area contributed by atoms with Gasteiger partial charge in [-0.2, -0.15) is 0 Å². The highest BCUT2D eigenvalue weighted by Gasteiger charge is 2.25. The Morgan fingerprint density at radius 3 is 2.65 bits per heavy atom. The lowest BCUT2D eigenvalue weighted by Crippen LogP contribution is -2.34. The van der Waals surface area contributed by atoms with Crippen molar-refractivity contribution >= 4 is 17.3 Å². The molecule has 92 valence electrons. The summed E-state index contributed by atoms with van der Waals surface area (Å²) < 4.78 is 0. The Morgan fingerprint density at radius 2 is 2.06 bits per heavy atom. The van der Waals surface area contributed by atoms with E-state index in [0.29, 0.717) is 6.04 Å². The first kappa shape index (κ1) is 12.0. The Kier molecular flexibility index (Phi) is 3.36. The average molecular weight is 232 g/mol. The van der Waals surface area contributed by atoms with Gasteiger partial charge >= 0.3 is 0 Å². The van der Waals surface area contributed by atoms with Crippen molar-refractivity contribution in [3.63, 3.8) is 0 Å². The van der Waals surface area contributed by atoms with Crippen molar-refractivity contribution < 1.29 is 4.79 Å². The summed E-state index contributed by atoms with van der Waals surface area (Å²) in [6.45, 7) is 5.89. The summed E-state index contributed by atoms with van der Waals surface area (Å²) in [4.78, 5) is 11.0. The third kappa shape index (κ3) is 2.99. The fourth-order valence-corrected chi connectivity index (χ4v) is 2.30. The molecule has 1 amide bonds. The van der Waals surface area contributed by atoms with E-state index in [-0.39, 0.29) is 5.91 Å². The van der Waals surface area contributed by atoms with Gasteiger partial charge in [-0.25, -0.2) is 0 Å². The van der Waals surface area contributed by atoms with E-state index in [9.17, 15) is 4.79 Å². The minimum atomic E-state index is -0.0305. The van der Waals surface area contributed by atoms with Crippen LogP contribution in [0.5, 0.6) is 0 Å². The summed E-state index contributed by atoms with van der Waals surface area (Å²) in [7, 11) is 0. The summed E-state index contributed by atoms with van der Waals surface area (Å²) in [5.74, 6) is 0.809. The van der Waals surface area contributed by atoms with E-state index < -0.39 is 0 Å². The maximum absolute atomic E-state index is 11.0. The molecule has 0 radical (unpaired) electrons. The minimum Gasteiger partial charge on any atom is -0.382 e. The molecule has 0 aliphatic heterocycles. The number of carbonyl (C=O) groups is 1. The van der Waals surface area contributed by atoms with Gasteiger partial charge in [0.2, 0.25) is 5.91 Å². The van der Waals surface area contributed by atoms with Crippen molar-refractivity contribution in [3.05, 3.63) is 23.8 Å². The smallest absolute Gasteiger partial charge is 0.221 e. The monoisotopic (exact) mass is 232 g/mol. The summed E-state index contributed by atoms with van der Waals surface area (Å²) in [5.41, 5.74) is 3.21. The van der Waals surface area contributed by atoms with Crippen molar-refractivity contribution in [2.24, 2.45) is 5.92 Å². The van der Waals surface area contributed by atoms with Crippen molar-refractivity contribution in [3.8, 4) is 0 Å². The van der Waals surface area contributed by atoms with Crippen LogP contribution in [0, 0.1) is 12.8 Å². The van der Waals surface area contributed by atoms with Crippen LogP contribution in [0.15, 0.2) is 18.2 Å². The highest BCUT2D eigenvalue weighted by Crippen LogP contribution is 2.31. The molecule has 0 unspecified atom stereocenters. The van der Waals surface area contributed by atoms with E-state index in [0.717, 1.165) is 17.3 Å². The van der Waals surface area contributed by atoms with Crippen LogP contribution in [0.1, 0.15) is 32.3 Å². The second-order valence-corrected chi connectivity index (χ2v) is 5.13. The molecule has 1 saturated carbocycles. The van der Waals surface area contributed by atoms with Gasteiger partial charge in [0.1, 0.15) is 0 Å². The number of rotatable bonds is 3. The van der Waals surface area contributed by atoms with Crippen LogP contribution in [0.3, 0.4) is 0 Å². The van der Waals surface area contributed by atoms with Crippen LogP contribution < -0.4 is 10.6 Å². The summed E-state index contributed by atoms with van der Waals surface area (Å²) in [6, 6.07) is 6.58. The van der Waals surface area contributed by atoms with E-state index >= 15 is 0 Å². The van der Waals surface area contributed by atoms with Gasteiger partial charge in [-0.05, 0) is 43.4 Å². The standard InChI is InChI=1S/C14H20N2O/c1-9-6-13(7-9)16-14-8-12(15-11(3)17)5-4-10(14)2/h4-5,8-9,13,16H,6-7H2,1-3H3,(H,15,17). The van der Waals surface area contributed by atoms with Gasteiger partial charge in [-0.1, -0.05) is 13.0 Å². The summed E-state index contributed by atoms with van der Waals surface area (Å²) in [5, 5.41) is 6.35. The summed E-state index contributed by atoms with van der Waals surface area (Å²) >= 11 is 0. The molecule has 0 heterocycles. The van der Waals surface area contributed by atoms with E-state index in [1.54, 1.807) is 0 Å². The fraction of sp³-hybridized carbons (Fsp3) is 0.500. The van der Waals surface area contributed by atoms with E-state index in [2.05, 4.69) is 24.5 Å². The van der Waals surface area contributed by atoms with Crippen molar-refractivity contribution in [1.82, 2.24) is 0 Å². The Hall–Kier alpha value is -1.51. The number of carbonyl (C=O) groups excluding carboxylic acids is 1. The molecular weight excluding hydrogens is 212 g/mol. The zero-order valence-corrected chi connectivity index (χ0v) is 10.7. The lowest BCUT2D eigenvalue weighted by Gasteiger charge is -2.34. The number of anilines is 2. The Morgan fingerprint density at radius 1 is 1.35 bits per heavy atom. The van der Waals surface area contributed by atoms with E-state index in [1.165, 1.54) is 25.3 Å². The topological polar surface area (TPSA) is 41.1 Å². The molecule has 0 bridgehead atoms. The van der Waals surface area contributed by atoms with E-state index in [1.807, 2.05) is 18.2 Å². The highest BCUT2D eigenvalue weighted by molar-refractivity contribution is 5.89. The lowest BCUT2D eigenvalue weighted by atomic mass is 9.81. The molecule has 1 aliphatic rings. The normalized spacial score (nSPS) is 22.8. The molecule has 3 heteroatoms. The maximum atomic E-state index is 11.0. The number of aryl methyl sites for hydroxylation is 1. The third-order valence-electron chi connectivity index (χ3n) is 3.29. The molecule has 3 nitrogen and oxygen atoms in total. The van der Waals surface area contributed by atoms with Gasteiger partial charge in [-0.3, -0.25) is 4.79 Å². The van der Waals surface area contributed by atoms with Gasteiger partial charge in [0, 0.05) is 24.3 Å². The molecule has 1 aromatic rings. The van der Waals surface area contributed by atoms with E-state index in [4.69, 9.17) is 0 Å². The van der Waals surface area contributed by atoms with Crippen LogP contribution in [0.4, 0.5) is 11.4 Å². The number of nitrogens with one attached hydrogen (secondary N) is 2. The Balaban J connectivity index is 2.06. The minimum absolute atomic E-state index is 0.0305. The third-order valence-corrected chi connectivity index (χ3v) is 3.29. The molecule has 2 rings (SSSR count).